The summed E-state index contributed by atoms with van der Waals surface area (Å²) in [6.07, 6.45) is 13.8. The third kappa shape index (κ3) is 3.78. The highest BCUT2D eigenvalue weighted by Gasteiger charge is 2.35. The van der Waals surface area contributed by atoms with E-state index >= 15 is 0 Å². The lowest BCUT2D eigenvalue weighted by Gasteiger charge is -2.33. The molecule has 2 heterocycles. The van der Waals surface area contributed by atoms with E-state index in [1.54, 1.807) is 0 Å². The first kappa shape index (κ1) is 19.4. The lowest BCUT2D eigenvalue weighted by Crippen LogP contribution is -2.43. The van der Waals surface area contributed by atoms with Crippen molar-refractivity contribution in [2.75, 3.05) is 0 Å². The molecule has 2 fully saturated rings. The van der Waals surface area contributed by atoms with Gasteiger partial charge >= 0.3 is 0 Å². The van der Waals surface area contributed by atoms with Crippen LogP contribution in [0.4, 0.5) is 0 Å². The van der Waals surface area contributed by atoms with Crippen LogP contribution in [0, 0.1) is 5.92 Å². The SMILES string of the molecule is O=C(NC1CCCCC1)C(C1CCCCC1)n1c(-c2ccc[nH]2)nc2ccccc21. The molecule has 0 spiro atoms. The minimum atomic E-state index is -0.210. The Kier molecular flexibility index (Phi) is 5.60. The number of H-pyrrole nitrogens is 1. The van der Waals surface area contributed by atoms with Gasteiger partial charge in [-0.1, -0.05) is 50.7 Å². The van der Waals surface area contributed by atoms with E-state index in [0.29, 0.717) is 12.0 Å². The van der Waals surface area contributed by atoms with Gasteiger partial charge in [0.05, 0.1) is 16.7 Å². The van der Waals surface area contributed by atoms with Gasteiger partial charge in [-0.25, -0.2) is 4.98 Å². The lowest BCUT2D eigenvalue weighted by atomic mass is 9.82. The molecule has 1 unspecified atom stereocenters. The summed E-state index contributed by atoms with van der Waals surface area (Å²) in [5, 5.41) is 3.44. The Morgan fingerprint density at radius 2 is 1.70 bits per heavy atom. The summed E-state index contributed by atoms with van der Waals surface area (Å²) < 4.78 is 2.23. The molecule has 3 aromatic rings. The monoisotopic (exact) mass is 404 g/mol. The van der Waals surface area contributed by atoms with Gasteiger partial charge in [0.15, 0.2) is 5.82 Å². The number of amides is 1. The Morgan fingerprint density at radius 1 is 0.967 bits per heavy atom. The number of carbonyl (C=O) groups excluding carboxylic acids is 1. The molecule has 158 valence electrons. The molecular weight excluding hydrogens is 372 g/mol. The molecule has 5 heteroatoms. The smallest absolute Gasteiger partial charge is 0.243 e. The van der Waals surface area contributed by atoms with Gasteiger partial charge in [-0.15, -0.1) is 0 Å². The number of benzene rings is 1. The van der Waals surface area contributed by atoms with Gasteiger partial charge < -0.3 is 14.9 Å². The molecule has 0 radical (unpaired) electrons. The van der Waals surface area contributed by atoms with Crippen LogP contribution in [0.2, 0.25) is 0 Å². The molecule has 2 N–H and O–H groups in total. The second-order valence-electron chi connectivity index (χ2n) is 9.06. The molecule has 2 aromatic heterocycles. The molecule has 1 atom stereocenters. The van der Waals surface area contributed by atoms with Crippen molar-refractivity contribution in [3.8, 4) is 11.5 Å². The summed E-state index contributed by atoms with van der Waals surface area (Å²) in [6.45, 7) is 0. The fourth-order valence-electron chi connectivity index (χ4n) is 5.51. The van der Waals surface area contributed by atoms with Crippen LogP contribution in [0.15, 0.2) is 42.6 Å². The average molecular weight is 405 g/mol. The van der Waals surface area contributed by atoms with Gasteiger partial charge in [0.25, 0.3) is 0 Å². The summed E-state index contributed by atoms with van der Waals surface area (Å²) in [5.74, 6) is 1.41. The van der Waals surface area contributed by atoms with Crippen LogP contribution < -0.4 is 5.32 Å². The van der Waals surface area contributed by atoms with Gasteiger partial charge in [-0.05, 0) is 55.9 Å². The van der Waals surface area contributed by atoms with Crippen LogP contribution in [0.3, 0.4) is 0 Å². The number of aromatic nitrogens is 3. The maximum absolute atomic E-state index is 13.8. The Hall–Kier alpha value is -2.56. The minimum absolute atomic E-state index is 0.185. The van der Waals surface area contributed by atoms with Crippen molar-refractivity contribution in [1.29, 1.82) is 0 Å². The highest BCUT2D eigenvalue weighted by molar-refractivity contribution is 5.87. The molecule has 0 aliphatic heterocycles. The molecule has 5 nitrogen and oxygen atoms in total. The second-order valence-corrected chi connectivity index (χ2v) is 9.06. The number of nitrogens with zero attached hydrogens (tertiary/aromatic N) is 2. The van der Waals surface area contributed by atoms with E-state index in [9.17, 15) is 4.79 Å². The maximum atomic E-state index is 13.8. The van der Waals surface area contributed by atoms with Gasteiger partial charge in [0.1, 0.15) is 6.04 Å². The second kappa shape index (κ2) is 8.66. The lowest BCUT2D eigenvalue weighted by molar-refractivity contribution is -0.127. The van der Waals surface area contributed by atoms with Crippen LogP contribution in [0.25, 0.3) is 22.6 Å². The first-order valence-electron chi connectivity index (χ1n) is 11.7. The number of fused-ring (bicyclic) bond motifs is 1. The molecule has 2 aliphatic rings. The van der Waals surface area contributed by atoms with Crippen LogP contribution in [0.1, 0.15) is 70.3 Å². The van der Waals surface area contributed by atoms with Crippen LogP contribution in [-0.4, -0.2) is 26.5 Å². The van der Waals surface area contributed by atoms with Crippen molar-refractivity contribution in [2.45, 2.75) is 76.3 Å². The van der Waals surface area contributed by atoms with Gasteiger partial charge in [0, 0.05) is 12.2 Å². The molecule has 1 aromatic carbocycles. The molecule has 0 bridgehead atoms. The number of hydrogen-bond acceptors (Lipinski definition) is 2. The molecule has 5 rings (SSSR count). The summed E-state index contributed by atoms with van der Waals surface area (Å²) in [5.41, 5.74) is 2.97. The Balaban J connectivity index is 1.59. The van der Waals surface area contributed by atoms with Crippen LogP contribution >= 0.6 is 0 Å². The minimum Gasteiger partial charge on any atom is -0.359 e. The third-order valence-electron chi connectivity index (χ3n) is 7.03. The first-order chi connectivity index (χ1) is 14.8. The zero-order valence-electron chi connectivity index (χ0n) is 17.6. The van der Waals surface area contributed by atoms with Crippen molar-refractivity contribution in [3.63, 3.8) is 0 Å². The number of nitrogens with one attached hydrogen (secondary N) is 2. The molecule has 30 heavy (non-hydrogen) atoms. The van der Waals surface area contributed by atoms with Gasteiger partial charge in [0.2, 0.25) is 5.91 Å². The van der Waals surface area contributed by atoms with Gasteiger partial charge in [-0.3, -0.25) is 4.79 Å². The first-order valence-corrected chi connectivity index (χ1v) is 11.7. The zero-order chi connectivity index (χ0) is 20.3. The molecular formula is C25H32N4O. The van der Waals surface area contributed by atoms with Gasteiger partial charge in [-0.2, -0.15) is 0 Å². The summed E-state index contributed by atoms with van der Waals surface area (Å²) in [4.78, 5) is 22.1. The van der Waals surface area contributed by atoms with E-state index in [2.05, 4.69) is 39.1 Å². The topological polar surface area (TPSA) is 62.7 Å². The predicted octanol–water partition coefficient (Wildman–Crippen LogP) is 5.60. The molecule has 1 amide bonds. The highest BCUT2D eigenvalue weighted by atomic mass is 16.2. The number of para-hydroxylation sites is 2. The average Bonchev–Trinajstić information content (AvgIpc) is 3.44. The number of aromatic amines is 1. The van der Waals surface area contributed by atoms with Crippen molar-refractivity contribution in [1.82, 2.24) is 19.9 Å². The molecule has 2 saturated carbocycles. The predicted molar refractivity (Wildman–Crippen MR) is 120 cm³/mol. The largest absolute Gasteiger partial charge is 0.359 e. The van der Waals surface area contributed by atoms with Crippen molar-refractivity contribution in [2.24, 2.45) is 5.92 Å². The Labute approximate surface area is 178 Å². The van der Waals surface area contributed by atoms with Crippen molar-refractivity contribution in [3.05, 3.63) is 42.6 Å². The van der Waals surface area contributed by atoms with Crippen molar-refractivity contribution >= 4 is 16.9 Å². The number of imidazole rings is 1. The van der Waals surface area contributed by atoms with Crippen LogP contribution in [-0.2, 0) is 4.79 Å². The normalized spacial score (nSPS) is 19.7. The molecule has 0 saturated heterocycles. The summed E-state index contributed by atoms with van der Waals surface area (Å²) in [7, 11) is 0. The van der Waals surface area contributed by atoms with E-state index < -0.39 is 0 Å². The summed E-state index contributed by atoms with van der Waals surface area (Å²) in [6, 6.07) is 12.4. The Bertz CT molecular complexity index is 978. The third-order valence-corrected chi connectivity index (χ3v) is 7.03. The molecule has 2 aliphatic carbocycles. The number of rotatable bonds is 5. The van der Waals surface area contributed by atoms with E-state index in [1.807, 2.05) is 18.3 Å². The Morgan fingerprint density at radius 3 is 2.43 bits per heavy atom. The van der Waals surface area contributed by atoms with E-state index in [4.69, 9.17) is 4.98 Å². The fraction of sp³-hybridized carbons (Fsp3) is 0.520. The van der Waals surface area contributed by atoms with E-state index in [-0.39, 0.29) is 11.9 Å². The summed E-state index contributed by atoms with van der Waals surface area (Å²) >= 11 is 0. The van der Waals surface area contributed by atoms with Crippen LogP contribution in [0.5, 0.6) is 0 Å². The standard InChI is InChI=1S/C25H32N4O/c30-25(27-19-12-5-2-6-13-19)23(18-10-3-1-4-11-18)29-22-16-8-7-14-20(22)28-24(29)21-15-9-17-26-21/h7-9,14-19,23,26H,1-6,10-13H2,(H,27,30). The van der Waals surface area contributed by atoms with E-state index in [0.717, 1.165) is 48.2 Å². The highest BCUT2D eigenvalue weighted by Crippen LogP contribution is 2.38. The van der Waals surface area contributed by atoms with E-state index in [1.165, 1.54) is 38.5 Å². The number of carbonyl (C=O) groups is 1. The fourth-order valence-corrected chi connectivity index (χ4v) is 5.51. The number of hydrogen-bond donors (Lipinski definition) is 2. The maximum Gasteiger partial charge on any atom is 0.243 e. The quantitative estimate of drug-likeness (QED) is 0.581. The van der Waals surface area contributed by atoms with Crippen molar-refractivity contribution < 1.29 is 4.79 Å². The zero-order valence-corrected chi connectivity index (χ0v) is 17.6.